The standard InChI is InChI=1S/C24H23N7O5/c1-25-23(32)14-8-16-18(10-28-22(16)27-9-14)13-4-5-19-17(7-13)21(20(11-26-19)31(35)36)30-6-2-3-15(12-30)29-24(33)34/h4-5,7-11,15,29H,2-3,6,12H2,1H3,(H,25,32)(H,27,28)(H,33,34)/t15-/m0/s1. The first-order valence-electron chi connectivity index (χ1n) is 11.4. The summed E-state index contributed by atoms with van der Waals surface area (Å²) in [4.78, 5) is 48.4. The molecule has 4 N–H and O–H groups in total. The fraction of sp³-hybridized carbons (Fsp3) is 0.250. The van der Waals surface area contributed by atoms with Gasteiger partial charge in [-0.05, 0) is 36.6 Å². The number of aromatic nitrogens is 3. The molecule has 12 heteroatoms. The molecular weight excluding hydrogens is 466 g/mol. The van der Waals surface area contributed by atoms with Gasteiger partial charge in [0.15, 0.2) is 0 Å². The molecule has 1 saturated heterocycles. The molecule has 3 aromatic heterocycles. The van der Waals surface area contributed by atoms with Gasteiger partial charge in [0.2, 0.25) is 0 Å². The molecule has 0 aliphatic carbocycles. The number of nitrogens with zero attached hydrogens (tertiary/aromatic N) is 4. The van der Waals surface area contributed by atoms with Crippen LogP contribution in [-0.4, -0.2) is 63.2 Å². The molecule has 4 aromatic rings. The predicted octanol–water partition coefficient (Wildman–Crippen LogP) is 3.28. The number of nitro groups is 1. The van der Waals surface area contributed by atoms with E-state index < -0.39 is 11.0 Å². The van der Waals surface area contributed by atoms with Crippen LogP contribution in [0.25, 0.3) is 33.1 Å². The summed E-state index contributed by atoms with van der Waals surface area (Å²) in [6, 6.07) is 6.91. The highest BCUT2D eigenvalue weighted by Gasteiger charge is 2.29. The zero-order chi connectivity index (χ0) is 25.4. The van der Waals surface area contributed by atoms with Crippen molar-refractivity contribution in [3.63, 3.8) is 0 Å². The Labute approximate surface area is 204 Å². The predicted molar refractivity (Wildman–Crippen MR) is 133 cm³/mol. The van der Waals surface area contributed by atoms with Gasteiger partial charge in [-0.2, -0.15) is 0 Å². The monoisotopic (exact) mass is 489 g/mol. The molecular formula is C24H23N7O5. The van der Waals surface area contributed by atoms with E-state index in [4.69, 9.17) is 5.11 Å². The molecule has 1 aliphatic rings. The maximum Gasteiger partial charge on any atom is 0.404 e. The number of rotatable bonds is 5. The number of benzene rings is 1. The van der Waals surface area contributed by atoms with Crippen LogP contribution in [0.2, 0.25) is 0 Å². The number of piperidine rings is 1. The maximum atomic E-state index is 12.1. The van der Waals surface area contributed by atoms with Crippen molar-refractivity contribution in [3.8, 4) is 11.1 Å². The number of hydrogen-bond acceptors (Lipinski definition) is 7. The third kappa shape index (κ3) is 4.13. The molecule has 1 atom stereocenters. The van der Waals surface area contributed by atoms with Crippen LogP contribution >= 0.6 is 0 Å². The highest BCUT2D eigenvalue weighted by Crippen LogP contribution is 2.39. The zero-order valence-corrected chi connectivity index (χ0v) is 19.3. The number of aromatic amines is 1. The van der Waals surface area contributed by atoms with E-state index >= 15 is 0 Å². The number of H-pyrrole nitrogens is 1. The van der Waals surface area contributed by atoms with E-state index in [-0.39, 0.29) is 17.6 Å². The minimum Gasteiger partial charge on any atom is -0.465 e. The molecule has 0 radical (unpaired) electrons. The molecule has 0 bridgehead atoms. The first-order chi connectivity index (χ1) is 17.4. The summed E-state index contributed by atoms with van der Waals surface area (Å²) < 4.78 is 0. The molecule has 0 saturated carbocycles. The summed E-state index contributed by atoms with van der Waals surface area (Å²) >= 11 is 0. The first-order valence-corrected chi connectivity index (χ1v) is 11.4. The maximum absolute atomic E-state index is 12.1. The lowest BCUT2D eigenvalue weighted by molar-refractivity contribution is -0.384. The highest BCUT2D eigenvalue weighted by molar-refractivity contribution is 6.04. The third-order valence-electron chi connectivity index (χ3n) is 6.41. The van der Waals surface area contributed by atoms with Gasteiger partial charge in [0.05, 0.1) is 16.0 Å². The molecule has 0 spiro atoms. The average molecular weight is 489 g/mol. The Bertz CT molecular complexity index is 1520. The van der Waals surface area contributed by atoms with Gasteiger partial charge in [-0.3, -0.25) is 14.9 Å². The second-order valence-electron chi connectivity index (χ2n) is 8.62. The summed E-state index contributed by atoms with van der Waals surface area (Å²) in [7, 11) is 1.55. The lowest BCUT2D eigenvalue weighted by atomic mass is 9.99. The van der Waals surface area contributed by atoms with E-state index in [9.17, 15) is 19.7 Å². The number of carbonyl (C=O) groups is 2. The van der Waals surface area contributed by atoms with Crippen LogP contribution < -0.4 is 15.5 Å². The summed E-state index contributed by atoms with van der Waals surface area (Å²) in [5.74, 6) is -0.258. The van der Waals surface area contributed by atoms with Crippen LogP contribution in [0.15, 0.2) is 42.9 Å². The fourth-order valence-corrected chi connectivity index (χ4v) is 4.78. The van der Waals surface area contributed by atoms with Crippen LogP contribution in [-0.2, 0) is 0 Å². The highest BCUT2D eigenvalue weighted by atomic mass is 16.6. The third-order valence-corrected chi connectivity index (χ3v) is 6.41. The van der Waals surface area contributed by atoms with Gasteiger partial charge in [0.25, 0.3) is 5.91 Å². The number of carboxylic acid groups (broad SMARTS) is 1. The Balaban J connectivity index is 1.65. The average Bonchev–Trinajstić information content (AvgIpc) is 3.30. The van der Waals surface area contributed by atoms with Crippen LogP contribution in [0.4, 0.5) is 16.2 Å². The molecule has 1 aliphatic heterocycles. The lowest BCUT2D eigenvalue weighted by Gasteiger charge is -2.34. The second-order valence-corrected chi connectivity index (χ2v) is 8.62. The quantitative estimate of drug-likeness (QED) is 0.245. The Hall–Kier alpha value is -4.74. The van der Waals surface area contributed by atoms with Crippen molar-refractivity contribution in [2.45, 2.75) is 18.9 Å². The number of hydrogen-bond donors (Lipinski definition) is 4. The molecule has 36 heavy (non-hydrogen) atoms. The molecule has 184 valence electrons. The normalized spacial score (nSPS) is 15.7. The van der Waals surface area contributed by atoms with Crippen molar-refractivity contribution < 1.29 is 19.6 Å². The van der Waals surface area contributed by atoms with Gasteiger partial charge in [-0.25, -0.2) is 14.8 Å². The van der Waals surface area contributed by atoms with Crippen molar-refractivity contribution in [1.82, 2.24) is 25.6 Å². The molecule has 1 aromatic carbocycles. The van der Waals surface area contributed by atoms with E-state index in [2.05, 4.69) is 25.6 Å². The van der Waals surface area contributed by atoms with E-state index in [1.165, 1.54) is 12.4 Å². The summed E-state index contributed by atoms with van der Waals surface area (Å²) in [6.07, 6.45) is 4.73. The van der Waals surface area contributed by atoms with Gasteiger partial charge in [-0.15, -0.1) is 0 Å². The Morgan fingerprint density at radius 2 is 2.06 bits per heavy atom. The minimum atomic E-state index is -1.12. The molecule has 12 nitrogen and oxygen atoms in total. The van der Waals surface area contributed by atoms with Crippen LogP contribution in [0.5, 0.6) is 0 Å². The molecule has 2 amide bonds. The van der Waals surface area contributed by atoms with Crippen molar-refractivity contribution in [1.29, 1.82) is 0 Å². The Morgan fingerprint density at radius 1 is 1.22 bits per heavy atom. The van der Waals surface area contributed by atoms with E-state index in [0.29, 0.717) is 53.7 Å². The topological polar surface area (TPSA) is 166 Å². The van der Waals surface area contributed by atoms with Crippen molar-refractivity contribution in [2.75, 3.05) is 25.0 Å². The lowest BCUT2D eigenvalue weighted by Crippen LogP contribution is -2.47. The van der Waals surface area contributed by atoms with Gasteiger partial charge in [0, 0.05) is 54.9 Å². The molecule has 1 fully saturated rings. The van der Waals surface area contributed by atoms with Gasteiger partial charge >= 0.3 is 11.8 Å². The largest absolute Gasteiger partial charge is 0.465 e. The second kappa shape index (κ2) is 9.13. The van der Waals surface area contributed by atoms with Gasteiger partial charge < -0.3 is 25.6 Å². The van der Waals surface area contributed by atoms with Crippen molar-refractivity contribution >= 4 is 45.3 Å². The van der Waals surface area contributed by atoms with E-state index in [1.54, 1.807) is 25.4 Å². The minimum absolute atomic E-state index is 0.141. The van der Waals surface area contributed by atoms with Crippen molar-refractivity contribution in [2.24, 2.45) is 0 Å². The molecule has 4 heterocycles. The summed E-state index contributed by atoms with van der Waals surface area (Å²) in [6.45, 7) is 0.859. The number of fused-ring (bicyclic) bond motifs is 2. The number of pyridine rings is 2. The number of amides is 2. The summed E-state index contributed by atoms with van der Waals surface area (Å²) in [5.41, 5.74) is 3.42. The zero-order valence-electron chi connectivity index (χ0n) is 19.3. The molecule has 0 unspecified atom stereocenters. The van der Waals surface area contributed by atoms with Crippen LogP contribution in [0.1, 0.15) is 23.2 Å². The van der Waals surface area contributed by atoms with E-state index in [1.807, 2.05) is 17.0 Å². The van der Waals surface area contributed by atoms with Crippen LogP contribution in [0.3, 0.4) is 0 Å². The Kier molecular flexibility index (Phi) is 5.84. The SMILES string of the molecule is CNC(=O)c1cnc2[nH]cc(-c3ccc4ncc([N+](=O)[O-])c(N5CCC[C@H](NC(=O)O)C5)c4c3)c2c1. The number of anilines is 1. The van der Waals surface area contributed by atoms with E-state index in [0.717, 1.165) is 16.5 Å². The fourth-order valence-electron chi connectivity index (χ4n) is 4.78. The molecule has 5 rings (SSSR count). The first kappa shape index (κ1) is 23.0. The van der Waals surface area contributed by atoms with Gasteiger partial charge in [0.1, 0.15) is 17.5 Å². The smallest absolute Gasteiger partial charge is 0.404 e. The Morgan fingerprint density at radius 3 is 2.81 bits per heavy atom. The van der Waals surface area contributed by atoms with Crippen molar-refractivity contribution in [3.05, 3.63) is 58.5 Å². The summed E-state index contributed by atoms with van der Waals surface area (Å²) in [5, 5.41) is 27.5. The van der Waals surface area contributed by atoms with Crippen LogP contribution in [0, 0.1) is 10.1 Å². The number of carbonyl (C=O) groups excluding carboxylic acids is 1. The number of nitrogens with one attached hydrogen (secondary N) is 3. The van der Waals surface area contributed by atoms with Gasteiger partial charge in [-0.1, -0.05) is 6.07 Å².